The van der Waals surface area contributed by atoms with Gasteiger partial charge < -0.3 is 5.32 Å². The van der Waals surface area contributed by atoms with Gasteiger partial charge in [-0.1, -0.05) is 13.0 Å². The summed E-state index contributed by atoms with van der Waals surface area (Å²) in [4.78, 5) is 1.16. The minimum absolute atomic E-state index is 0.143. The lowest BCUT2D eigenvalue weighted by Crippen LogP contribution is -2.13. The number of hydrogen-bond donors (Lipinski definition) is 1. The fourth-order valence-electron chi connectivity index (χ4n) is 1.96. The van der Waals surface area contributed by atoms with Gasteiger partial charge in [0.15, 0.2) is 0 Å². The molecule has 3 heteroatoms. The van der Waals surface area contributed by atoms with E-state index in [9.17, 15) is 4.39 Å². The number of benzene rings is 1. The number of hydrogen-bond acceptors (Lipinski definition) is 2. The van der Waals surface area contributed by atoms with E-state index in [1.165, 1.54) is 0 Å². The first kappa shape index (κ1) is 13.2. The maximum Gasteiger partial charge on any atom is 0.131 e. The molecular weight excluding hydrogens is 245 g/mol. The second-order valence-corrected chi connectivity index (χ2v) is 5.50. The number of rotatable bonds is 5. The van der Waals surface area contributed by atoms with Gasteiger partial charge in [-0.05, 0) is 54.6 Å². The van der Waals surface area contributed by atoms with Crippen LogP contribution < -0.4 is 5.32 Å². The summed E-state index contributed by atoms with van der Waals surface area (Å²) in [5.74, 6) is -0.143. The molecule has 1 aromatic carbocycles. The highest BCUT2D eigenvalue weighted by Crippen LogP contribution is 2.30. The zero-order valence-corrected chi connectivity index (χ0v) is 11.6. The summed E-state index contributed by atoms with van der Waals surface area (Å²) in [7, 11) is 0. The Morgan fingerprint density at radius 1 is 1.22 bits per heavy atom. The molecule has 0 fully saturated rings. The second-order valence-electron chi connectivity index (χ2n) is 4.38. The molecule has 1 N–H and O–H groups in total. The van der Waals surface area contributed by atoms with Crippen molar-refractivity contribution in [2.45, 2.75) is 26.8 Å². The summed E-state index contributed by atoms with van der Waals surface area (Å²) in [5, 5.41) is 5.34. The molecule has 0 saturated carbocycles. The first-order chi connectivity index (χ1) is 8.72. The van der Waals surface area contributed by atoms with Gasteiger partial charge in [0, 0.05) is 17.0 Å². The van der Waals surface area contributed by atoms with E-state index >= 15 is 0 Å². The molecule has 0 unspecified atom stereocenters. The van der Waals surface area contributed by atoms with Crippen LogP contribution in [0.15, 0.2) is 29.6 Å². The van der Waals surface area contributed by atoms with Crippen molar-refractivity contribution in [3.05, 3.63) is 45.9 Å². The van der Waals surface area contributed by atoms with Gasteiger partial charge in [-0.25, -0.2) is 4.39 Å². The van der Waals surface area contributed by atoms with E-state index in [2.05, 4.69) is 12.2 Å². The standard InChI is InChI=1S/C15H18FNS/c1-3-7-17-10-12-4-5-15(16)14(9-12)13-6-8-18-11(13)2/h4-6,8-9,17H,3,7,10H2,1-2H3. The van der Waals surface area contributed by atoms with Crippen LogP contribution in [0.4, 0.5) is 4.39 Å². The van der Waals surface area contributed by atoms with Crippen LogP contribution in [-0.4, -0.2) is 6.54 Å². The Kier molecular flexibility index (Phi) is 4.50. The number of nitrogens with one attached hydrogen (secondary N) is 1. The molecule has 18 heavy (non-hydrogen) atoms. The van der Waals surface area contributed by atoms with Crippen molar-refractivity contribution < 1.29 is 4.39 Å². The quantitative estimate of drug-likeness (QED) is 0.790. The summed E-state index contributed by atoms with van der Waals surface area (Å²) in [5.41, 5.74) is 2.85. The fraction of sp³-hybridized carbons (Fsp3) is 0.333. The van der Waals surface area contributed by atoms with Gasteiger partial charge in [-0.3, -0.25) is 0 Å². The lowest BCUT2D eigenvalue weighted by Gasteiger charge is -2.08. The van der Waals surface area contributed by atoms with Gasteiger partial charge in [0.05, 0.1) is 0 Å². The van der Waals surface area contributed by atoms with Gasteiger partial charge in [0.2, 0.25) is 0 Å². The summed E-state index contributed by atoms with van der Waals surface area (Å²) in [6.45, 7) is 5.95. The lowest BCUT2D eigenvalue weighted by molar-refractivity contribution is 0.628. The van der Waals surface area contributed by atoms with Gasteiger partial charge in [-0.15, -0.1) is 11.3 Å². The minimum Gasteiger partial charge on any atom is -0.313 e. The van der Waals surface area contributed by atoms with Crippen molar-refractivity contribution in [1.29, 1.82) is 0 Å². The zero-order valence-electron chi connectivity index (χ0n) is 10.8. The normalized spacial score (nSPS) is 10.8. The molecule has 1 aromatic heterocycles. The molecule has 0 saturated heterocycles. The van der Waals surface area contributed by atoms with Crippen molar-refractivity contribution in [2.24, 2.45) is 0 Å². The molecule has 0 atom stereocenters. The Labute approximate surface area is 112 Å². The highest BCUT2D eigenvalue weighted by molar-refractivity contribution is 7.10. The maximum atomic E-state index is 13.9. The third-order valence-corrected chi connectivity index (χ3v) is 3.78. The molecule has 0 spiro atoms. The predicted molar refractivity (Wildman–Crippen MR) is 76.4 cm³/mol. The van der Waals surface area contributed by atoms with Crippen molar-refractivity contribution in [1.82, 2.24) is 5.32 Å². The van der Waals surface area contributed by atoms with E-state index in [1.54, 1.807) is 17.4 Å². The summed E-state index contributed by atoms with van der Waals surface area (Å²) < 4.78 is 13.9. The summed E-state index contributed by atoms with van der Waals surface area (Å²) >= 11 is 1.65. The number of thiophene rings is 1. The third kappa shape index (κ3) is 2.98. The van der Waals surface area contributed by atoms with Crippen LogP contribution in [-0.2, 0) is 6.54 Å². The lowest BCUT2D eigenvalue weighted by atomic mass is 10.0. The molecule has 0 bridgehead atoms. The highest BCUT2D eigenvalue weighted by Gasteiger charge is 2.09. The van der Waals surface area contributed by atoms with Gasteiger partial charge in [0.25, 0.3) is 0 Å². The predicted octanol–water partition coefficient (Wildman–Crippen LogP) is 4.36. The Hall–Kier alpha value is -1.19. The smallest absolute Gasteiger partial charge is 0.131 e. The van der Waals surface area contributed by atoms with Crippen LogP contribution in [0.5, 0.6) is 0 Å². The third-order valence-electron chi connectivity index (χ3n) is 2.94. The Morgan fingerprint density at radius 2 is 2.06 bits per heavy atom. The molecule has 96 valence electrons. The van der Waals surface area contributed by atoms with Crippen molar-refractivity contribution >= 4 is 11.3 Å². The van der Waals surface area contributed by atoms with E-state index in [-0.39, 0.29) is 5.82 Å². The zero-order chi connectivity index (χ0) is 13.0. The maximum absolute atomic E-state index is 13.9. The Balaban J connectivity index is 2.25. The van der Waals surface area contributed by atoms with Crippen molar-refractivity contribution in [2.75, 3.05) is 6.54 Å². The average molecular weight is 263 g/mol. The molecule has 2 rings (SSSR count). The van der Waals surface area contributed by atoms with Gasteiger partial charge in [-0.2, -0.15) is 0 Å². The van der Waals surface area contributed by atoms with Crippen LogP contribution in [0, 0.1) is 12.7 Å². The number of halogens is 1. The van der Waals surface area contributed by atoms with E-state index in [4.69, 9.17) is 0 Å². The molecular formula is C15H18FNS. The topological polar surface area (TPSA) is 12.0 Å². The van der Waals surface area contributed by atoms with E-state index in [0.29, 0.717) is 5.56 Å². The first-order valence-electron chi connectivity index (χ1n) is 6.26. The van der Waals surface area contributed by atoms with Gasteiger partial charge in [0.1, 0.15) is 5.82 Å². The summed E-state index contributed by atoms with van der Waals surface area (Å²) in [6, 6.07) is 7.35. The molecule has 0 aliphatic heterocycles. The summed E-state index contributed by atoms with van der Waals surface area (Å²) in [6.07, 6.45) is 1.11. The van der Waals surface area contributed by atoms with Crippen LogP contribution in [0.1, 0.15) is 23.8 Å². The van der Waals surface area contributed by atoms with Crippen LogP contribution in [0.2, 0.25) is 0 Å². The van der Waals surface area contributed by atoms with E-state index < -0.39 is 0 Å². The van der Waals surface area contributed by atoms with Gasteiger partial charge >= 0.3 is 0 Å². The first-order valence-corrected chi connectivity index (χ1v) is 7.14. The molecule has 1 heterocycles. The van der Waals surface area contributed by atoms with Crippen LogP contribution in [0.25, 0.3) is 11.1 Å². The molecule has 0 aliphatic carbocycles. The highest BCUT2D eigenvalue weighted by atomic mass is 32.1. The monoisotopic (exact) mass is 263 g/mol. The minimum atomic E-state index is -0.143. The molecule has 0 aliphatic rings. The largest absolute Gasteiger partial charge is 0.313 e. The Morgan fingerprint density at radius 3 is 2.72 bits per heavy atom. The van der Waals surface area contributed by atoms with Crippen molar-refractivity contribution in [3.8, 4) is 11.1 Å². The molecule has 1 nitrogen and oxygen atoms in total. The average Bonchev–Trinajstić information content (AvgIpc) is 2.78. The molecule has 0 radical (unpaired) electrons. The fourth-order valence-corrected chi connectivity index (χ4v) is 2.68. The van der Waals surface area contributed by atoms with Crippen molar-refractivity contribution in [3.63, 3.8) is 0 Å². The Bertz CT molecular complexity index is 519. The SMILES string of the molecule is CCCNCc1ccc(F)c(-c2ccsc2C)c1. The molecule has 2 aromatic rings. The van der Waals surface area contributed by atoms with E-state index in [1.807, 2.05) is 30.5 Å². The van der Waals surface area contributed by atoms with Crippen LogP contribution >= 0.6 is 11.3 Å². The molecule has 0 amide bonds. The second kappa shape index (κ2) is 6.12. The van der Waals surface area contributed by atoms with Crippen LogP contribution in [0.3, 0.4) is 0 Å². The number of aryl methyl sites for hydroxylation is 1. The van der Waals surface area contributed by atoms with E-state index in [0.717, 1.165) is 35.5 Å².